The molecule has 0 bridgehead atoms. The zero-order valence-electron chi connectivity index (χ0n) is 9.99. The van der Waals surface area contributed by atoms with Gasteiger partial charge in [0.25, 0.3) is 0 Å². The van der Waals surface area contributed by atoms with Crippen LogP contribution in [0, 0.1) is 6.92 Å². The first kappa shape index (κ1) is 10.7. The first-order valence-electron chi connectivity index (χ1n) is 5.51. The minimum atomic E-state index is 0.562. The van der Waals surface area contributed by atoms with Gasteiger partial charge in [0.05, 0.1) is 11.4 Å². The number of nitrogen functional groups attached to an aromatic ring is 1. The molecule has 0 saturated heterocycles. The molecule has 0 atom stereocenters. The van der Waals surface area contributed by atoms with Gasteiger partial charge >= 0.3 is 0 Å². The fourth-order valence-electron chi connectivity index (χ4n) is 1.96. The Morgan fingerprint density at radius 1 is 1.25 bits per heavy atom. The van der Waals surface area contributed by atoms with Crippen molar-refractivity contribution < 1.29 is 0 Å². The summed E-state index contributed by atoms with van der Waals surface area (Å²) >= 11 is 0. The zero-order valence-corrected chi connectivity index (χ0v) is 9.99. The van der Waals surface area contributed by atoms with Crippen LogP contribution in [-0.2, 0) is 13.5 Å². The number of rotatable bonds is 2. The van der Waals surface area contributed by atoms with Gasteiger partial charge in [-0.15, -0.1) is 0 Å². The highest BCUT2D eigenvalue weighted by Crippen LogP contribution is 2.25. The molecule has 0 radical (unpaired) electrons. The van der Waals surface area contributed by atoms with Crippen LogP contribution >= 0.6 is 0 Å². The van der Waals surface area contributed by atoms with Crippen molar-refractivity contribution in [3.05, 3.63) is 35.5 Å². The molecule has 0 amide bonds. The molecule has 0 fully saturated rings. The summed E-state index contributed by atoms with van der Waals surface area (Å²) in [7, 11) is 1.94. The van der Waals surface area contributed by atoms with Gasteiger partial charge in [0.1, 0.15) is 0 Å². The summed E-state index contributed by atoms with van der Waals surface area (Å²) in [5.74, 6) is 0.562. The molecule has 3 nitrogen and oxygen atoms in total. The minimum Gasteiger partial charge on any atom is -0.369 e. The number of nitrogens with two attached hydrogens (primary N) is 1. The molecule has 0 aliphatic heterocycles. The normalized spacial score (nSPS) is 10.7. The van der Waals surface area contributed by atoms with E-state index in [4.69, 9.17) is 5.73 Å². The molecule has 2 N–H and O–H groups in total. The molecule has 2 rings (SSSR count). The van der Waals surface area contributed by atoms with Crippen LogP contribution in [0.25, 0.3) is 11.3 Å². The lowest BCUT2D eigenvalue weighted by molar-refractivity contribution is 0.937. The first-order chi connectivity index (χ1) is 7.63. The van der Waals surface area contributed by atoms with Gasteiger partial charge in [-0.2, -0.15) is 0 Å². The van der Waals surface area contributed by atoms with Crippen LogP contribution in [0.5, 0.6) is 0 Å². The Kier molecular flexibility index (Phi) is 2.69. The van der Waals surface area contributed by atoms with E-state index in [1.165, 1.54) is 11.1 Å². The van der Waals surface area contributed by atoms with Crippen LogP contribution in [0.2, 0.25) is 0 Å². The summed E-state index contributed by atoms with van der Waals surface area (Å²) in [6.07, 6.45) is 1.06. The zero-order chi connectivity index (χ0) is 11.7. The van der Waals surface area contributed by atoms with Crippen LogP contribution in [-0.4, -0.2) is 9.55 Å². The smallest absolute Gasteiger partial charge is 0.200 e. The molecule has 0 saturated carbocycles. The van der Waals surface area contributed by atoms with E-state index < -0.39 is 0 Å². The van der Waals surface area contributed by atoms with E-state index in [-0.39, 0.29) is 0 Å². The Labute approximate surface area is 95.9 Å². The van der Waals surface area contributed by atoms with Gasteiger partial charge in [0, 0.05) is 12.6 Å². The summed E-state index contributed by atoms with van der Waals surface area (Å²) in [5.41, 5.74) is 10.4. The van der Waals surface area contributed by atoms with Crippen molar-refractivity contribution >= 4 is 5.95 Å². The summed E-state index contributed by atoms with van der Waals surface area (Å²) in [5, 5.41) is 0. The van der Waals surface area contributed by atoms with Crippen molar-refractivity contribution in [1.82, 2.24) is 9.55 Å². The van der Waals surface area contributed by atoms with E-state index >= 15 is 0 Å². The lowest BCUT2D eigenvalue weighted by Gasteiger charge is -2.05. The van der Waals surface area contributed by atoms with Gasteiger partial charge < -0.3 is 10.3 Å². The van der Waals surface area contributed by atoms with E-state index in [0.29, 0.717) is 5.95 Å². The van der Waals surface area contributed by atoms with E-state index in [2.05, 4.69) is 36.2 Å². The Hall–Kier alpha value is -1.77. The maximum atomic E-state index is 5.79. The van der Waals surface area contributed by atoms with E-state index in [9.17, 15) is 0 Å². The van der Waals surface area contributed by atoms with Crippen molar-refractivity contribution in [2.75, 3.05) is 5.73 Å². The highest BCUT2D eigenvalue weighted by Gasteiger charge is 2.10. The topological polar surface area (TPSA) is 43.8 Å². The number of aromatic nitrogens is 2. The van der Waals surface area contributed by atoms with Crippen molar-refractivity contribution in [2.24, 2.45) is 7.05 Å². The fourth-order valence-corrected chi connectivity index (χ4v) is 1.96. The molecular formula is C13H17N3. The summed E-state index contributed by atoms with van der Waals surface area (Å²) in [6.45, 7) is 4.14. The van der Waals surface area contributed by atoms with E-state index in [1.807, 2.05) is 18.5 Å². The monoisotopic (exact) mass is 215 g/mol. The molecule has 0 aliphatic rings. The largest absolute Gasteiger partial charge is 0.369 e. The average molecular weight is 215 g/mol. The third-order valence-electron chi connectivity index (χ3n) is 2.94. The van der Waals surface area contributed by atoms with E-state index in [0.717, 1.165) is 17.8 Å². The maximum Gasteiger partial charge on any atom is 0.200 e. The van der Waals surface area contributed by atoms with Crippen LogP contribution in [0.1, 0.15) is 18.2 Å². The lowest BCUT2D eigenvalue weighted by Crippen LogP contribution is -1.98. The second kappa shape index (κ2) is 4.00. The third-order valence-corrected chi connectivity index (χ3v) is 2.94. The van der Waals surface area contributed by atoms with Gasteiger partial charge in [-0.05, 0) is 18.9 Å². The second-order valence-corrected chi connectivity index (χ2v) is 4.01. The van der Waals surface area contributed by atoms with Crippen molar-refractivity contribution in [1.29, 1.82) is 0 Å². The SMILES string of the molecule is CCc1ccc(-c2c(C)nc(N)n2C)cc1. The second-order valence-electron chi connectivity index (χ2n) is 4.01. The molecule has 1 aromatic heterocycles. The number of hydrogen-bond acceptors (Lipinski definition) is 2. The first-order valence-corrected chi connectivity index (χ1v) is 5.51. The fraction of sp³-hybridized carbons (Fsp3) is 0.308. The predicted molar refractivity (Wildman–Crippen MR) is 67.2 cm³/mol. The van der Waals surface area contributed by atoms with Gasteiger partial charge in [0.15, 0.2) is 0 Å². The third kappa shape index (κ3) is 1.69. The maximum absolute atomic E-state index is 5.79. The molecule has 84 valence electrons. The molecule has 0 spiro atoms. The number of anilines is 1. The Balaban J connectivity index is 2.50. The molecule has 2 aromatic rings. The summed E-state index contributed by atoms with van der Waals surface area (Å²) in [6, 6.07) is 8.56. The van der Waals surface area contributed by atoms with Crippen molar-refractivity contribution in [3.8, 4) is 11.3 Å². The highest BCUT2D eigenvalue weighted by molar-refractivity contribution is 5.64. The van der Waals surface area contributed by atoms with Gasteiger partial charge in [-0.25, -0.2) is 4.98 Å². The number of imidazole rings is 1. The van der Waals surface area contributed by atoms with Crippen molar-refractivity contribution in [3.63, 3.8) is 0 Å². The van der Waals surface area contributed by atoms with Crippen molar-refractivity contribution in [2.45, 2.75) is 20.3 Å². The number of hydrogen-bond donors (Lipinski definition) is 1. The van der Waals surface area contributed by atoms with Gasteiger partial charge in [-0.1, -0.05) is 31.2 Å². The Morgan fingerprint density at radius 2 is 1.88 bits per heavy atom. The molecule has 16 heavy (non-hydrogen) atoms. The molecule has 0 aliphatic carbocycles. The highest BCUT2D eigenvalue weighted by atomic mass is 15.1. The van der Waals surface area contributed by atoms with E-state index in [1.54, 1.807) is 0 Å². The predicted octanol–water partition coefficient (Wildman–Crippen LogP) is 2.54. The van der Waals surface area contributed by atoms with Gasteiger partial charge in [-0.3, -0.25) is 0 Å². The molecular weight excluding hydrogens is 198 g/mol. The minimum absolute atomic E-state index is 0.562. The number of aryl methyl sites for hydroxylation is 2. The van der Waals surface area contributed by atoms with Crippen LogP contribution in [0.4, 0.5) is 5.95 Å². The Bertz CT molecular complexity index is 495. The molecule has 1 heterocycles. The standard InChI is InChI=1S/C13H17N3/c1-4-10-5-7-11(8-6-10)12-9(2)15-13(14)16(12)3/h5-8H,4H2,1-3H3,(H2,14,15). The molecule has 1 aromatic carbocycles. The quantitative estimate of drug-likeness (QED) is 0.836. The van der Waals surface area contributed by atoms with Gasteiger partial charge in [0.2, 0.25) is 5.95 Å². The number of nitrogens with zero attached hydrogens (tertiary/aromatic N) is 2. The molecule has 0 unspecified atom stereocenters. The average Bonchev–Trinajstić information content (AvgIpc) is 2.54. The molecule has 3 heteroatoms. The summed E-state index contributed by atoms with van der Waals surface area (Å²) < 4.78 is 1.93. The van der Waals surface area contributed by atoms with Crippen LogP contribution in [0.15, 0.2) is 24.3 Å². The Morgan fingerprint density at radius 3 is 2.31 bits per heavy atom. The summed E-state index contributed by atoms with van der Waals surface area (Å²) in [4.78, 5) is 4.27. The lowest BCUT2D eigenvalue weighted by atomic mass is 10.1. The van der Waals surface area contributed by atoms with Crippen LogP contribution in [0.3, 0.4) is 0 Å². The number of benzene rings is 1. The van der Waals surface area contributed by atoms with Crippen LogP contribution < -0.4 is 5.73 Å².